The summed E-state index contributed by atoms with van der Waals surface area (Å²) in [5.74, 6) is 0. The van der Waals surface area contributed by atoms with Gasteiger partial charge in [0.25, 0.3) is 0 Å². The van der Waals surface area contributed by atoms with Gasteiger partial charge in [0.2, 0.25) is 0 Å². The second-order valence-electron chi connectivity index (χ2n) is 4.13. The van der Waals surface area contributed by atoms with Crippen molar-refractivity contribution in [3.05, 3.63) is 47.5 Å². The third-order valence-electron chi connectivity index (χ3n) is 2.55. The first-order valence-corrected chi connectivity index (χ1v) is 7.76. The van der Waals surface area contributed by atoms with Crippen LogP contribution in [0.1, 0.15) is 0 Å². The van der Waals surface area contributed by atoms with E-state index in [1.165, 1.54) is 6.07 Å². The van der Waals surface area contributed by atoms with E-state index in [2.05, 4.69) is 5.32 Å². The van der Waals surface area contributed by atoms with Crippen molar-refractivity contribution < 1.29 is 8.42 Å². The zero-order valence-electron chi connectivity index (χ0n) is 10.2. The van der Waals surface area contributed by atoms with Gasteiger partial charge in [-0.25, -0.2) is 8.42 Å². The number of benzene rings is 2. The summed E-state index contributed by atoms with van der Waals surface area (Å²) in [6.07, 6.45) is 1.16. The van der Waals surface area contributed by atoms with Gasteiger partial charge in [-0.05, 0) is 30.3 Å². The Kier molecular flexibility index (Phi) is 3.68. The molecule has 0 atom stereocenters. The van der Waals surface area contributed by atoms with Gasteiger partial charge < -0.3 is 11.1 Å². The van der Waals surface area contributed by atoms with Crippen molar-refractivity contribution in [2.24, 2.45) is 0 Å². The van der Waals surface area contributed by atoms with Gasteiger partial charge in [0.15, 0.2) is 9.84 Å². The Hall–Kier alpha value is -1.72. The van der Waals surface area contributed by atoms with Crippen LogP contribution in [0.15, 0.2) is 47.4 Å². The molecule has 100 valence electrons. The average molecular weight is 297 g/mol. The molecule has 0 radical (unpaired) electrons. The lowest BCUT2D eigenvalue weighted by atomic mass is 10.2. The van der Waals surface area contributed by atoms with E-state index in [0.717, 1.165) is 6.26 Å². The first-order valence-electron chi connectivity index (χ1n) is 5.49. The summed E-state index contributed by atoms with van der Waals surface area (Å²) in [6, 6.07) is 11.6. The number of nitrogens with one attached hydrogen (secondary N) is 1. The first-order chi connectivity index (χ1) is 8.88. The lowest BCUT2D eigenvalue weighted by molar-refractivity contribution is 0.602. The van der Waals surface area contributed by atoms with Crippen molar-refractivity contribution in [3.8, 4) is 0 Å². The smallest absolute Gasteiger partial charge is 0.177 e. The highest BCUT2D eigenvalue weighted by Gasteiger charge is 2.13. The monoisotopic (exact) mass is 296 g/mol. The number of halogens is 1. The van der Waals surface area contributed by atoms with Crippen LogP contribution in [0.25, 0.3) is 0 Å². The summed E-state index contributed by atoms with van der Waals surface area (Å²) in [5, 5.41) is 3.47. The van der Waals surface area contributed by atoms with Gasteiger partial charge in [-0.3, -0.25) is 0 Å². The maximum atomic E-state index is 11.7. The van der Waals surface area contributed by atoms with Gasteiger partial charge in [-0.1, -0.05) is 23.7 Å². The minimum Gasteiger partial charge on any atom is -0.399 e. The molecule has 0 aliphatic heterocycles. The van der Waals surface area contributed by atoms with Crippen LogP contribution < -0.4 is 11.1 Å². The van der Waals surface area contributed by atoms with Crippen molar-refractivity contribution in [3.63, 3.8) is 0 Å². The van der Waals surface area contributed by atoms with Crippen molar-refractivity contribution in [1.82, 2.24) is 0 Å². The molecule has 0 amide bonds. The van der Waals surface area contributed by atoms with Gasteiger partial charge in [-0.2, -0.15) is 0 Å². The second-order valence-corrected chi connectivity index (χ2v) is 6.52. The lowest BCUT2D eigenvalue weighted by Gasteiger charge is -2.12. The standard InChI is InChI=1S/C13H13ClN2O2S/c1-19(17,18)13-5-3-2-4-11(13)16-12-8-9(15)6-7-10(12)14/h2-8,16H,15H2,1H3. The minimum atomic E-state index is -3.31. The molecule has 0 saturated carbocycles. The summed E-state index contributed by atoms with van der Waals surface area (Å²) in [5.41, 5.74) is 7.27. The Morgan fingerprint density at radius 2 is 1.79 bits per heavy atom. The number of nitrogen functional groups attached to an aromatic ring is 1. The zero-order valence-corrected chi connectivity index (χ0v) is 11.8. The Labute approximate surface area is 117 Å². The average Bonchev–Trinajstić information content (AvgIpc) is 2.33. The van der Waals surface area contributed by atoms with Crippen LogP contribution in [0, 0.1) is 0 Å². The van der Waals surface area contributed by atoms with Gasteiger partial charge in [-0.15, -0.1) is 0 Å². The molecule has 0 spiro atoms. The van der Waals surface area contributed by atoms with Gasteiger partial charge >= 0.3 is 0 Å². The fourth-order valence-corrected chi connectivity index (χ4v) is 2.69. The van der Waals surface area contributed by atoms with Crippen molar-refractivity contribution >= 4 is 38.5 Å². The molecule has 6 heteroatoms. The predicted molar refractivity (Wildman–Crippen MR) is 78.7 cm³/mol. The topological polar surface area (TPSA) is 72.2 Å². The Morgan fingerprint density at radius 1 is 1.11 bits per heavy atom. The van der Waals surface area contributed by atoms with Crippen LogP contribution in [0.5, 0.6) is 0 Å². The summed E-state index contributed by atoms with van der Waals surface area (Å²) in [7, 11) is -3.31. The zero-order chi connectivity index (χ0) is 14.0. The number of hydrogen-bond acceptors (Lipinski definition) is 4. The van der Waals surface area contributed by atoms with E-state index < -0.39 is 9.84 Å². The molecule has 3 N–H and O–H groups in total. The quantitative estimate of drug-likeness (QED) is 0.854. The van der Waals surface area contributed by atoms with E-state index in [0.29, 0.717) is 22.1 Å². The number of hydrogen-bond donors (Lipinski definition) is 2. The highest BCUT2D eigenvalue weighted by molar-refractivity contribution is 7.90. The first kappa shape index (κ1) is 13.7. The summed E-state index contributed by atoms with van der Waals surface area (Å²) in [4.78, 5) is 0.216. The third-order valence-corrected chi connectivity index (χ3v) is 4.03. The largest absolute Gasteiger partial charge is 0.399 e. The number of sulfone groups is 1. The lowest BCUT2D eigenvalue weighted by Crippen LogP contribution is -2.03. The van der Waals surface area contributed by atoms with Crippen LogP contribution in [0.2, 0.25) is 5.02 Å². The number of anilines is 3. The Morgan fingerprint density at radius 3 is 2.47 bits per heavy atom. The Balaban J connectivity index is 2.47. The van der Waals surface area contributed by atoms with Crippen LogP contribution in [0.4, 0.5) is 17.1 Å². The maximum absolute atomic E-state index is 11.7. The second kappa shape index (κ2) is 5.11. The molecule has 0 aliphatic carbocycles. The van der Waals surface area contributed by atoms with E-state index >= 15 is 0 Å². The molecule has 19 heavy (non-hydrogen) atoms. The van der Waals surface area contributed by atoms with Crippen molar-refractivity contribution in [1.29, 1.82) is 0 Å². The minimum absolute atomic E-state index is 0.216. The van der Waals surface area contributed by atoms with Crippen molar-refractivity contribution in [2.75, 3.05) is 17.3 Å². The SMILES string of the molecule is CS(=O)(=O)c1ccccc1Nc1cc(N)ccc1Cl. The van der Waals surface area contributed by atoms with Crippen LogP contribution >= 0.6 is 11.6 Å². The molecule has 0 aliphatic rings. The summed E-state index contributed by atoms with van der Waals surface area (Å²) >= 11 is 6.05. The molecular formula is C13H13ClN2O2S. The van der Waals surface area contributed by atoms with E-state index in [-0.39, 0.29) is 4.90 Å². The van der Waals surface area contributed by atoms with Gasteiger partial charge in [0.1, 0.15) is 0 Å². The molecule has 0 heterocycles. The highest BCUT2D eigenvalue weighted by Crippen LogP contribution is 2.30. The summed E-state index contributed by atoms with van der Waals surface area (Å²) < 4.78 is 23.4. The molecule has 2 aromatic rings. The molecule has 0 saturated heterocycles. The fourth-order valence-electron chi connectivity index (χ4n) is 1.68. The Bertz CT molecular complexity index is 714. The highest BCUT2D eigenvalue weighted by atomic mass is 35.5. The normalized spacial score (nSPS) is 11.3. The third kappa shape index (κ3) is 3.19. The van der Waals surface area contributed by atoms with E-state index in [4.69, 9.17) is 17.3 Å². The maximum Gasteiger partial charge on any atom is 0.177 e. The number of para-hydroxylation sites is 1. The molecule has 0 aromatic heterocycles. The molecule has 0 fully saturated rings. The van der Waals surface area contributed by atoms with Crippen molar-refractivity contribution in [2.45, 2.75) is 4.90 Å². The molecule has 4 nitrogen and oxygen atoms in total. The van der Waals surface area contributed by atoms with Crippen LogP contribution in [-0.2, 0) is 9.84 Å². The van der Waals surface area contributed by atoms with Gasteiger partial charge in [0, 0.05) is 11.9 Å². The molecule has 2 rings (SSSR count). The van der Waals surface area contributed by atoms with Gasteiger partial charge in [0.05, 0.1) is 21.3 Å². The van der Waals surface area contributed by atoms with E-state index in [1.54, 1.807) is 36.4 Å². The molecule has 0 bridgehead atoms. The fraction of sp³-hybridized carbons (Fsp3) is 0.0769. The van der Waals surface area contributed by atoms with E-state index in [1.807, 2.05) is 0 Å². The molecule has 0 unspecified atom stereocenters. The summed E-state index contributed by atoms with van der Waals surface area (Å²) in [6.45, 7) is 0. The van der Waals surface area contributed by atoms with E-state index in [9.17, 15) is 8.42 Å². The van der Waals surface area contributed by atoms with Crippen LogP contribution in [0.3, 0.4) is 0 Å². The van der Waals surface area contributed by atoms with Crippen LogP contribution in [-0.4, -0.2) is 14.7 Å². The predicted octanol–water partition coefficient (Wildman–Crippen LogP) is 3.07. The number of rotatable bonds is 3. The molecular weight excluding hydrogens is 284 g/mol. The molecule has 2 aromatic carbocycles. The number of nitrogens with two attached hydrogens (primary N) is 1.